The molecule has 4 rings (SSSR count). The molecule has 0 radical (unpaired) electrons. The summed E-state index contributed by atoms with van der Waals surface area (Å²) in [5.74, 6) is 1.23. The molecular formula is C19H33O8P. The van der Waals surface area contributed by atoms with Gasteiger partial charge in [0.2, 0.25) is 0 Å². The van der Waals surface area contributed by atoms with E-state index in [0.29, 0.717) is 31.3 Å². The molecule has 162 valence electrons. The molecule has 4 heterocycles. The molecule has 3 fully saturated rings. The molecule has 4 aliphatic rings. The normalized spacial score (nSPS) is 35.5. The van der Waals surface area contributed by atoms with Crippen LogP contribution in [0.15, 0.2) is 11.5 Å². The Hall–Kier alpha value is -0.470. The predicted molar refractivity (Wildman–Crippen MR) is 102 cm³/mol. The molecular weight excluding hydrogens is 387 g/mol. The Bertz CT molecular complexity index is 493. The summed E-state index contributed by atoms with van der Waals surface area (Å²) in [7, 11) is -4.32. The first-order valence-corrected chi connectivity index (χ1v) is 12.3. The van der Waals surface area contributed by atoms with E-state index in [1.165, 1.54) is 0 Å². The van der Waals surface area contributed by atoms with Crippen molar-refractivity contribution in [1.29, 1.82) is 0 Å². The van der Waals surface area contributed by atoms with Gasteiger partial charge in [-0.15, -0.1) is 0 Å². The van der Waals surface area contributed by atoms with Gasteiger partial charge in [-0.3, -0.25) is 0 Å². The molecule has 0 N–H and O–H groups in total. The average Bonchev–Trinajstić information content (AvgIpc) is 3.47. The van der Waals surface area contributed by atoms with E-state index >= 15 is 0 Å². The molecule has 28 heavy (non-hydrogen) atoms. The second kappa shape index (κ2) is 8.72. The summed E-state index contributed by atoms with van der Waals surface area (Å²) in [5.41, 5.74) is 0. The fourth-order valence-electron chi connectivity index (χ4n) is 3.81. The number of ether oxygens (including phenoxy) is 3. The molecule has 0 bridgehead atoms. The topological polar surface area (TPSA) is 73.8 Å². The van der Waals surface area contributed by atoms with E-state index in [9.17, 15) is 0 Å². The molecule has 4 aliphatic heterocycles. The molecule has 0 amide bonds. The van der Waals surface area contributed by atoms with E-state index in [1.54, 1.807) is 0 Å². The fourth-order valence-corrected chi connectivity index (χ4v) is 6.76. The monoisotopic (exact) mass is 420 g/mol. The van der Waals surface area contributed by atoms with Gasteiger partial charge >= 0.3 is 166 Å². The summed E-state index contributed by atoms with van der Waals surface area (Å²) >= 11 is 0. The molecule has 0 aliphatic carbocycles. The molecule has 0 aromatic heterocycles. The zero-order chi connectivity index (χ0) is 19.5. The van der Waals surface area contributed by atoms with Gasteiger partial charge in [0.15, 0.2) is 0 Å². The minimum atomic E-state index is -4.32. The maximum absolute atomic E-state index is 6.29. The first-order valence-electron chi connectivity index (χ1n) is 10.5. The molecule has 0 aromatic carbocycles. The molecule has 3 unspecified atom stereocenters. The third kappa shape index (κ3) is 4.64. The third-order valence-electron chi connectivity index (χ3n) is 5.55. The number of allylic oxidation sites excluding steroid dienone is 2. The van der Waals surface area contributed by atoms with Crippen molar-refractivity contribution in [2.24, 2.45) is 0 Å². The van der Waals surface area contributed by atoms with E-state index in [2.05, 4.69) is 0 Å². The van der Waals surface area contributed by atoms with Gasteiger partial charge < -0.3 is 0 Å². The van der Waals surface area contributed by atoms with Crippen LogP contribution < -0.4 is 0 Å². The minimum absolute atomic E-state index is 0.00919. The van der Waals surface area contributed by atoms with E-state index in [4.69, 9.17) is 36.8 Å². The molecule has 8 nitrogen and oxygen atoms in total. The zero-order valence-electron chi connectivity index (χ0n) is 16.9. The average molecular weight is 420 g/mol. The standard InChI is InChI=1S/C19H33O8P/c1-15-16(2)27-28(26-15,23-12-17-6-3-9-20-17,24-13-18-7-4-10-21-18)25-14-19-8-5-11-22-19/h17-19H,3-14H2,1-2H3. The van der Waals surface area contributed by atoms with Crippen LogP contribution in [0.1, 0.15) is 52.4 Å². The first-order chi connectivity index (χ1) is 13.6. The number of hydrogen-bond acceptors (Lipinski definition) is 8. The number of hydrogen-bond donors (Lipinski definition) is 0. The van der Waals surface area contributed by atoms with Gasteiger partial charge in [0, 0.05) is 0 Å². The predicted octanol–water partition coefficient (Wildman–Crippen LogP) is 4.00. The summed E-state index contributed by atoms with van der Waals surface area (Å²) in [6.45, 7) is 6.81. The zero-order valence-corrected chi connectivity index (χ0v) is 17.8. The van der Waals surface area contributed by atoms with Crippen LogP contribution in [-0.4, -0.2) is 58.0 Å². The van der Waals surface area contributed by atoms with E-state index < -0.39 is 7.74 Å². The van der Waals surface area contributed by atoms with Crippen LogP contribution in [0.5, 0.6) is 0 Å². The quantitative estimate of drug-likeness (QED) is 0.518. The maximum atomic E-state index is 6.29. The van der Waals surface area contributed by atoms with Gasteiger partial charge in [-0.1, -0.05) is 0 Å². The summed E-state index contributed by atoms with van der Waals surface area (Å²) in [4.78, 5) is 0. The molecule has 3 atom stereocenters. The summed E-state index contributed by atoms with van der Waals surface area (Å²) in [5, 5.41) is 0. The van der Waals surface area contributed by atoms with Crippen molar-refractivity contribution < 1.29 is 36.8 Å². The second-order valence-corrected chi connectivity index (χ2v) is 10.5. The Labute approximate surface area is 167 Å². The van der Waals surface area contributed by atoms with Gasteiger partial charge in [-0.25, -0.2) is 0 Å². The van der Waals surface area contributed by atoms with Crippen molar-refractivity contribution in [1.82, 2.24) is 0 Å². The van der Waals surface area contributed by atoms with E-state index in [0.717, 1.165) is 58.3 Å². The van der Waals surface area contributed by atoms with Crippen molar-refractivity contribution in [3.63, 3.8) is 0 Å². The van der Waals surface area contributed by atoms with Crippen molar-refractivity contribution >= 4 is 7.74 Å². The Morgan fingerprint density at radius 3 is 1.32 bits per heavy atom. The summed E-state index contributed by atoms with van der Waals surface area (Å²) in [6.07, 6.45) is 5.86. The van der Waals surface area contributed by atoms with Gasteiger partial charge in [-0.05, 0) is 0 Å². The van der Waals surface area contributed by atoms with Gasteiger partial charge in [0.25, 0.3) is 0 Å². The van der Waals surface area contributed by atoms with Crippen LogP contribution in [0.3, 0.4) is 0 Å². The molecule has 0 spiro atoms. The van der Waals surface area contributed by atoms with Crippen LogP contribution in [0, 0.1) is 0 Å². The fraction of sp³-hybridized carbons (Fsp3) is 0.895. The van der Waals surface area contributed by atoms with Gasteiger partial charge in [-0.2, -0.15) is 0 Å². The number of rotatable bonds is 9. The summed E-state index contributed by atoms with van der Waals surface area (Å²) < 4.78 is 48.4. The van der Waals surface area contributed by atoms with Crippen molar-refractivity contribution in [2.45, 2.75) is 70.7 Å². The van der Waals surface area contributed by atoms with Crippen LogP contribution in [0.2, 0.25) is 0 Å². The van der Waals surface area contributed by atoms with Crippen molar-refractivity contribution in [3.05, 3.63) is 11.5 Å². The Morgan fingerprint density at radius 1 is 0.679 bits per heavy atom. The Balaban J connectivity index is 1.51. The first kappa shape index (κ1) is 20.8. The molecule has 0 saturated carbocycles. The molecule has 9 heteroatoms. The Morgan fingerprint density at radius 2 is 1.04 bits per heavy atom. The van der Waals surface area contributed by atoms with E-state index in [-0.39, 0.29) is 18.3 Å². The molecule has 0 aromatic rings. The SMILES string of the molecule is CC1=C(C)OP(OCC2CCCO2)(OCC2CCCO2)(OCC2CCCO2)O1. The van der Waals surface area contributed by atoms with Crippen LogP contribution in [-0.2, 0) is 36.8 Å². The molecule has 3 saturated heterocycles. The second-order valence-electron chi connectivity index (χ2n) is 7.83. The van der Waals surface area contributed by atoms with Crippen LogP contribution in [0.25, 0.3) is 0 Å². The van der Waals surface area contributed by atoms with Gasteiger partial charge in [0.1, 0.15) is 0 Å². The third-order valence-corrected chi connectivity index (χ3v) is 8.41. The van der Waals surface area contributed by atoms with Crippen molar-refractivity contribution in [2.75, 3.05) is 39.6 Å². The van der Waals surface area contributed by atoms with E-state index in [1.807, 2.05) is 13.8 Å². The van der Waals surface area contributed by atoms with Gasteiger partial charge in [0.05, 0.1) is 0 Å². The Kier molecular flexibility index (Phi) is 6.47. The summed E-state index contributed by atoms with van der Waals surface area (Å²) in [6, 6.07) is 0. The van der Waals surface area contributed by atoms with Crippen LogP contribution >= 0.6 is 7.74 Å². The van der Waals surface area contributed by atoms with Crippen LogP contribution in [0.4, 0.5) is 0 Å². The van der Waals surface area contributed by atoms with Crippen molar-refractivity contribution in [3.8, 4) is 0 Å².